The molecule has 11 heteroatoms. The first-order chi connectivity index (χ1) is 13.3. The lowest BCUT2D eigenvalue weighted by Crippen LogP contribution is -2.61. The zero-order valence-corrected chi connectivity index (χ0v) is 16.1. The molecular formula is C18H26F7NO3. The number of alkyl halides is 7. The number of esters is 1. The van der Waals surface area contributed by atoms with Gasteiger partial charge >= 0.3 is 24.0 Å². The number of halogens is 7. The highest BCUT2D eigenvalue weighted by molar-refractivity contribution is 5.89. The van der Waals surface area contributed by atoms with Gasteiger partial charge in [0.1, 0.15) is 6.04 Å². The molecule has 1 atom stereocenters. The first kappa shape index (κ1) is 27.2. The summed E-state index contributed by atoms with van der Waals surface area (Å²) in [6, 6.07) is -1.82. The van der Waals surface area contributed by atoms with Crippen LogP contribution in [0.3, 0.4) is 0 Å². The molecule has 0 aliphatic rings. The van der Waals surface area contributed by atoms with Crippen LogP contribution in [0, 0.1) is 0 Å². The monoisotopic (exact) mass is 437 g/mol. The molecule has 0 radical (unpaired) electrons. The number of rotatable bonds is 14. The van der Waals surface area contributed by atoms with Gasteiger partial charge in [-0.15, -0.1) is 6.58 Å². The van der Waals surface area contributed by atoms with Gasteiger partial charge in [-0.3, -0.25) is 4.79 Å². The number of nitrogens with one attached hydrogen (secondary N) is 1. The van der Waals surface area contributed by atoms with Crippen LogP contribution in [0.25, 0.3) is 0 Å². The summed E-state index contributed by atoms with van der Waals surface area (Å²) >= 11 is 0. The fourth-order valence-corrected chi connectivity index (χ4v) is 2.24. The van der Waals surface area contributed by atoms with E-state index in [1.54, 1.807) is 0 Å². The van der Waals surface area contributed by atoms with E-state index in [0.717, 1.165) is 57.2 Å². The highest BCUT2D eigenvalue weighted by atomic mass is 19.4. The van der Waals surface area contributed by atoms with Crippen molar-refractivity contribution in [3.63, 3.8) is 0 Å². The van der Waals surface area contributed by atoms with Crippen LogP contribution in [-0.4, -0.2) is 42.5 Å². The Morgan fingerprint density at radius 3 is 1.90 bits per heavy atom. The molecule has 0 rings (SSSR count). The molecule has 0 saturated heterocycles. The predicted molar refractivity (Wildman–Crippen MR) is 91.6 cm³/mol. The van der Waals surface area contributed by atoms with Crippen molar-refractivity contribution in [1.82, 2.24) is 5.32 Å². The molecule has 0 aliphatic carbocycles. The van der Waals surface area contributed by atoms with Gasteiger partial charge in [0.05, 0.1) is 6.61 Å². The molecule has 0 heterocycles. The average Bonchev–Trinajstić information content (AvgIpc) is 2.61. The Labute approximate surface area is 164 Å². The molecule has 0 aromatic heterocycles. The standard InChI is InChI=1S/C18H26F7NO3/c1-3-4-5-6-7-8-9-10-11-12-29-14(27)13(2)26-15(28)16(19,20)17(21,22)18(23,24)25/h3,13H,1,4-12H2,2H3,(H,26,28)/t13-/m0/s1. The van der Waals surface area contributed by atoms with Gasteiger partial charge in [-0.25, -0.2) is 4.79 Å². The molecule has 0 spiro atoms. The van der Waals surface area contributed by atoms with Crippen LogP contribution in [0.2, 0.25) is 0 Å². The summed E-state index contributed by atoms with van der Waals surface area (Å²) in [6.45, 7) is 4.37. The van der Waals surface area contributed by atoms with Crippen molar-refractivity contribution in [1.29, 1.82) is 0 Å². The Morgan fingerprint density at radius 2 is 1.41 bits per heavy atom. The number of hydrogen-bond acceptors (Lipinski definition) is 3. The van der Waals surface area contributed by atoms with E-state index in [-0.39, 0.29) is 6.61 Å². The van der Waals surface area contributed by atoms with E-state index >= 15 is 0 Å². The first-order valence-corrected chi connectivity index (χ1v) is 9.20. The van der Waals surface area contributed by atoms with Gasteiger partial charge in [0.25, 0.3) is 5.91 Å². The molecule has 0 fully saturated rings. The lowest BCUT2D eigenvalue weighted by Gasteiger charge is -2.27. The second-order valence-electron chi connectivity index (χ2n) is 6.56. The Kier molecular flexibility index (Phi) is 11.3. The van der Waals surface area contributed by atoms with Crippen LogP contribution in [-0.2, 0) is 14.3 Å². The van der Waals surface area contributed by atoms with E-state index in [4.69, 9.17) is 4.74 Å². The Hall–Kier alpha value is -1.81. The van der Waals surface area contributed by atoms with Crippen molar-refractivity contribution in [3.05, 3.63) is 12.7 Å². The fraction of sp³-hybridized carbons (Fsp3) is 0.778. The van der Waals surface area contributed by atoms with Crippen LogP contribution >= 0.6 is 0 Å². The summed E-state index contributed by atoms with van der Waals surface area (Å²) in [5, 5.41) is 1.13. The van der Waals surface area contributed by atoms with E-state index in [0.29, 0.717) is 6.42 Å². The summed E-state index contributed by atoms with van der Waals surface area (Å²) in [6.07, 6.45) is 2.43. The van der Waals surface area contributed by atoms with Gasteiger partial charge in [0.15, 0.2) is 0 Å². The molecule has 0 unspecified atom stereocenters. The van der Waals surface area contributed by atoms with E-state index in [9.17, 15) is 40.3 Å². The highest BCUT2D eigenvalue weighted by Crippen LogP contribution is 2.46. The van der Waals surface area contributed by atoms with Crippen molar-refractivity contribution in [2.45, 2.75) is 82.4 Å². The average molecular weight is 437 g/mol. The van der Waals surface area contributed by atoms with Gasteiger partial charge in [0.2, 0.25) is 0 Å². The summed E-state index contributed by atoms with van der Waals surface area (Å²) in [5.41, 5.74) is 0. The number of carbonyl (C=O) groups excluding carboxylic acids is 2. The summed E-state index contributed by atoms with van der Waals surface area (Å²) < 4.78 is 92.8. The third-order valence-corrected chi connectivity index (χ3v) is 4.03. The second kappa shape index (κ2) is 12.0. The van der Waals surface area contributed by atoms with Crippen LogP contribution in [0.15, 0.2) is 12.7 Å². The van der Waals surface area contributed by atoms with E-state index < -0.39 is 35.9 Å². The van der Waals surface area contributed by atoms with Gasteiger partial charge in [-0.1, -0.05) is 38.2 Å². The second-order valence-corrected chi connectivity index (χ2v) is 6.56. The van der Waals surface area contributed by atoms with Crippen molar-refractivity contribution >= 4 is 11.9 Å². The van der Waals surface area contributed by atoms with Crippen LogP contribution in [0.5, 0.6) is 0 Å². The largest absolute Gasteiger partial charge is 0.464 e. The van der Waals surface area contributed by atoms with E-state index in [2.05, 4.69) is 6.58 Å². The smallest absolute Gasteiger partial charge is 0.460 e. The summed E-state index contributed by atoms with van der Waals surface area (Å²) in [4.78, 5) is 22.7. The number of carbonyl (C=O) groups is 2. The lowest BCUT2D eigenvalue weighted by molar-refractivity contribution is -0.344. The Bertz CT molecular complexity index is 536. The number of amides is 1. The third-order valence-electron chi connectivity index (χ3n) is 4.03. The molecule has 0 bridgehead atoms. The van der Waals surface area contributed by atoms with Crippen LogP contribution in [0.4, 0.5) is 30.7 Å². The number of ether oxygens (including phenoxy) is 1. The van der Waals surface area contributed by atoms with Crippen LogP contribution in [0.1, 0.15) is 58.3 Å². The summed E-state index contributed by atoms with van der Waals surface area (Å²) in [7, 11) is 0. The highest BCUT2D eigenvalue weighted by Gasteiger charge is 2.76. The van der Waals surface area contributed by atoms with Gasteiger partial charge < -0.3 is 10.1 Å². The van der Waals surface area contributed by atoms with Crippen LogP contribution < -0.4 is 5.32 Å². The first-order valence-electron chi connectivity index (χ1n) is 9.20. The predicted octanol–water partition coefficient (Wildman–Crippen LogP) is 5.17. The zero-order valence-electron chi connectivity index (χ0n) is 16.1. The number of allylic oxidation sites excluding steroid dienone is 1. The molecule has 0 aromatic rings. The van der Waals surface area contributed by atoms with Gasteiger partial charge in [0, 0.05) is 0 Å². The lowest BCUT2D eigenvalue weighted by atomic mass is 10.1. The maximum absolute atomic E-state index is 13.2. The molecule has 170 valence electrons. The maximum Gasteiger partial charge on any atom is 0.460 e. The molecule has 0 saturated carbocycles. The van der Waals surface area contributed by atoms with E-state index in [1.807, 2.05) is 6.08 Å². The fourth-order valence-electron chi connectivity index (χ4n) is 2.24. The minimum Gasteiger partial charge on any atom is -0.464 e. The third kappa shape index (κ3) is 8.61. The normalized spacial score (nSPS) is 13.7. The quantitative estimate of drug-likeness (QED) is 0.177. The summed E-state index contributed by atoms with van der Waals surface area (Å²) in [5.74, 6) is -16.8. The minimum atomic E-state index is -6.64. The topological polar surface area (TPSA) is 55.4 Å². The minimum absolute atomic E-state index is 0.0926. The molecule has 0 aromatic carbocycles. The van der Waals surface area contributed by atoms with Gasteiger partial charge in [-0.2, -0.15) is 30.7 Å². The number of hydrogen-bond donors (Lipinski definition) is 1. The maximum atomic E-state index is 13.2. The Morgan fingerprint density at radius 1 is 0.931 bits per heavy atom. The molecular weight excluding hydrogens is 411 g/mol. The Balaban J connectivity index is 4.22. The molecule has 1 amide bonds. The van der Waals surface area contributed by atoms with Crippen molar-refractivity contribution in [2.75, 3.05) is 6.61 Å². The van der Waals surface area contributed by atoms with Crippen molar-refractivity contribution in [3.8, 4) is 0 Å². The van der Waals surface area contributed by atoms with Gasteiger partial charge in [-0.05, 0) is 26.2 Å². The molecule has 1 N–H and O–H groups in total. The van der Waals surface area contributed by atoms with E-state index in [1.165, 1.54) is 0 Å². The zero-order chi connectivity index (χ0) is 22.7. The SMILES string of the molecule is C=CCCCCCCCCCOC(=O)[C@H](C)NC(=O)C(F)(F)C(F)(F)C(F)(F)F. The molecule has 29 heavy (non-hydrogen) atoms. The molecule has 0 aliphatic heterocycles. The molecule has 4 nitrogen and oxygen atoms in total. The van der Waals surface area contributed by atoms with Crippen molar-refractivity contribution in [2.24, 2.45) is 0 Å². The number of unbranched alkanes of at least 4 members (excludes halogenated alkanes) is 7. The van der Waals surface area contributed by atoms with Crippen molar-refractivity contribution < 1.29 is 45.1 Å².